The fourth-order valence-electron chi connectivity index (χ4n) is 3.88. The van der Waals surface area contributed by atoms with Gasteiger partial charge in [-0.2, -0.15) is 5.10 Å². The number of hydrogen-bond acceptors (Lipinski definition) is 4. The first-order valence-electron chi connectivity index (χ1n) is 9.78. The molecule has 0 aliphatic carbocycles. The lowest BCUT2D eigenvalue weighted by Crippen LogP contribution is -2.42. The minimum Gasteiger partial charge on any atom is -0.491 e. The molecule has 0 spiro atoms. The number of nitrogens with zero attached hydrogens (tertiary/aromatic N) is 2. The van der Waals surface area contributed by atoms with E-state index in [0.717, 1.165) is 15.8 Å². The first-order valence-corrected chi connectivity index (χ1v) is 10.6. The second-order valence-corrected chi connectivity index (χ2v) is 8.36. The van der Waals surface area contributed by atoms with Crippen molar-refractivity contribution in [2.75, 3.05) is 6.61 Å². The maximum atomic E-state index is 14.1. The number of benzene rings is 2. The summed E-state index contributed by atoms with van der Waals surface area (Å²) in [5, 5.41) is 7.35. The van der Waals surface area contributed by atoms with Crippen LogP contribution < -0.4 is 14.8 Å². The average Bonchev–Trinajstić information content (AvgIpc) is 3.17. The lowest BCUT2D eigenvalue weighted by molar-refractivity contribution is 0.0909. The van der Waals surface area contributed by atoms with Crippen LogP contribution in [-0.2, 0) is 13.0 Å². The summed E-state index contributed by atoms with van der Waals surface area (Å²) in [6.45, 7) is 0.954. The lowest BCUT2D eigenvalue weighted by Gasteiger charge is -2.26. The number of aryl methyl sites for hydroxylation is 1. The van der Waals surface area contributed by atoms with Gasteiger partial charge in [0.05, 0.1) is 6.04 Å². The van der Waals surface area contributed by atoms with Gasteiger partial charge < -0.3 is 14.8 Å². The summed E-state index contributed by atoms with van der Waals surface area (Å²) in [7, 11) is 0. The van der Waals surface area contributed by atoms with Crippen molar-refractivity contribution in [2.45, 2.75) is 31.5 Å². The third-order valence-electron chi connectivity index (χ3n) is 5.36. The highest BCUT2D eigenvalue weighted by Gasteiger charge is 2.28. The van der Waals surface area contributed by atoms with E-state index in [1.807, 2.05) is 18.2 Å². The minimum absolute atomic E-state index is 0.148. The van der Waals surface area contributed by atoms with E-state index in [2.05, 4.69) is 26.3 Å². The zero-order valence-corrected chi connectivity index (χ0v) is 17.6. The number of nitrogens with one attached hydrogen (secondary N) is 1. The number of rotatable bonds is 3. The minimum atomic E-state index is -0.395. The van der Waals surface area contributed by atoms with Gasteiger partial charge in [0.25, 0.3) is 5.91 Å². The van der Waals surface area contributed by atoms with E-state index in [4.69, 9.17) is 9.47 Å². The molecule has 154 valence electrons. The Kier molecular flexibility index (Phi) is 4.94. The van der Waals surface area contributed by atoms with Crippen molar-refractivity contribution in [1.82, 2.24) is 15.1 Å². The molecule has 2 unspecified atom stereocenters. The fraction of sp³-hybridized carbons (Fsp3) is 0.273. The number of fused-ring (bicyclic) bond motifs is 2. The zero-order chi connectivity index (χ0) is 20.7. The molecule has 1 aromatic heterocycles. The van der Waals surface area contributed by atoms with Crippen molar-refractivity contribution in [1.29, 1.82) is 0 Å². The highest BCUT2D eigenvalue weighted by molar-refractivity contribution is 9.10. The summed E-state index contributed by atoms with van der Waals surface area (Å²) in [4.78, 5) is 12.7. The maximum Gasteiger partial charge on any atom is 0.272 e. The van der Waals surface area contributed by atoms with E-state index in [1.54, 1.807) is 28.9 Å². The molecule has 6 nitrogen and oxygen atoms in total. The Morgan fingerprint density at radius 2 is 2.10 bits per heavy atom. The van der Waals surface area contributed by atoms with Crippen molar-refractivity contribution in [3.05, 3.63) is 75.6 Å². The highest BCUT2D eigenvalue weighted by atomic mass is 79.9. The van der Waals surface area contributed by atoms with E-state index in [-0.39, 0.29) is 23.5 Å². The molecular formula is C22H19BrFN3O3. The SMILES string of the molecule is O=C(NC1COc2ccc(Br)cc2C1)c1cc2n(n1)CCC(c1ccccc1F)O2. The van der Waals surface area contributed by atoms with E-state index in [0.29, 0.717) is 37.4 Å². The van der Waals surface area contributed by atoms with E-state index >= 15 is 0 Å². The molecule has 0 saturated carbocycles. The first kappa shape index (κ1) is 19.1. The lowest BCUT2D eigenvalue weighted by atomic mass is 10.0. The standard InChI is InChI=1S/C22H19BrFN3O3/c23-14-5-6-19-13(9-14)10-15(12-29-19)25-22(28)18-11-21-27(26-18)8-7-20(30-21)16-3-1-2-4-17(16)24/h1-6,9,11,15,20H,7-8,10,12H2,(H,25,28). The van der Waals surface area contributed by atoms with Gasteiger partial charge in [-0.15, -0.1) is 0 Å². The number of carbonyl (C=O) groups excluding carboxylic acids is 1. The molecule has 2 aliphatic rings. The molecule has 8 heteroatoms. The molecule has 0 radical (unpaired) electrons. The van der Waals surface area contributed by atoms with Crippen molar-refractivity contribution in [3.63, 3.8) is 0 Å². The third kappa shape index (κ3) is 3.67. The molecule has 0 fully saturated rings. The summed E-state index contributed by atoms with van der Waals surface area (Å²) >= 11 is 3.46. The molecule has 30 heavy (non-hydrogen) atoms. The summed E-state index contributed by atoms with van der Waals surface area (Å²) in [5.74, 6) is 0.732. The Labute approximate surface area is 181 Å². The average molecular weight is 472 g/mol. The van der Waals surface area contributed by atoms with Crippen LogP contribution >= 0.6 is 15.9 Å². The molecule has 2 aromatic carbocycles. The van der Waals surface area contributed by atoms with Crippen LogP contribution in [0.2, 0.25) is 0 Å². The molecule has 3 aromatic rings. The number of aromatic nitrogens is 2. The third-order valence-corrected chi connectivity index (χ3v) is 5.85. The normalized spacial score (nSPS) is 19.8. The molecule has 1 amide bonds. The predicted molar refractivity (Wildman–Crippen MR) is 111 cm³/mol. The van der Waals surface area contributed by atoms with E-state index in [1.165, 1.54) is 6.07 Å². The van der Waals surface area contributed by atoms with Crippen LogP contribution in [0.15, 0.2) is 53.0 Å². The maximum absolute atomic E-state index is 14.1. The summed E-state index contributed by atoms with van der Waals surface area (Å²) in [6, 6.07) is 13.9. The number of carbonyl (C=O) groups is 1. The van der Waals surface area contributed by atoms with Gasteiger partial charge in [-0.25, -0.2) is 9.07 Å². The molecule has 5 rings (SSSR count). The molecule has 1 N–H and O–H groups in total. The Bertz CT molecular complexity index is 1120. The van der Waals surface area contributed by atoms with Crippen molar-refractivity contribution in [3.8, 4) is 11.6 Å². The number of hydrogen-bond donors (Lipinski definition) is 1. The van der Waals surface area contributed by atoms with Crippen LogP contribution in [0.25, 0.3) is 0 Å². The van der Waals surface area contributed by atoms with E-state index in [9.17, 15) is 9.18 Å². The summed E-state index contributed by atoms with van der Waals surface area (Å²) in [5.41, 5.74) is 1.83. The smallest absolute Gasteiger partial charge is 0.272 e. The quantitative estimate of drug-likeness (QED) is 0.625. The Morgan fingerprint density at radius 1 is 1.23 bits per heavy atom. The van der Waals surface area contributed by atoms with Gasteiger partial charge in [0.1, 0.15) is 24.3 Å². The Hall–Kier alpha value is -2.87. The van der Waals surface area contributed by atoms with Gasteiger partial charge in [-0.3, -0.25) is 4.79 Å². The summed E-state index contributed by atoms with van der Waals surface area (Å²) < 4.78 is 28.4. The number of amides is 1. The monoisotopic (exact) mass is 471 g/mol. The fourth-order valence-corrected chi connectivity index (χ4v) is 4.29. The number of halogens is 2. The van der Waals surface area contributed by atoms with Crippen LogP contribution in [-0.4, -0.2) is 28.3 Å². The largest absolute Gasteiger partial charge is 0.491 e. The number of ether oxygens (including phenoxy) is 2. The van der Waals surface area contributed by atoms with Crippen LogP contribution in [0.3, 0.4) is 0 Å². The molecule has 3 heterocycles. The molecule has 0 saturated heterocycles. The van der Waals surface area contributed by atoms with Gasteiger partial charge >= 0.3 is 0 Å². The van der Waals surface area contributed by atoms with Crippen molar-refractivity contribution < 1.29 is 18.7 Å². The van der Waals surface area contributed by atoms with Crippen molar-refractivity contribution >= 4 is 21.8 Å². The van der Waals surface area contributed by atoms with Crippen molar-refractivity contribution in [2.24, 2.45) is 0 Å². The zero-order valence-electron chi connectivity index (χ0n) is 16.0. The Morgan fingerprint density at radius 3 is 2.97 bits per heavy atom. The second kappa shape index (κ2) is 7.75. The highest BCUT2D eigenvalue weighted by Crippen LogP contribution is 2.32. The van der Waals surface area contributed by atoms with E-state index < -0.39 is 6.10 Å². The van der Waals surface area contributed by atoms with Gasteiger partial charge in [0.15, 0.2) is 5.69 Å². The van der Waals surface area contributed by atoms with Crippen LogP contribution in [0.1, 0.15) is 34.1 Å². The molecule has 0 bridgehead atoms. The van der Waals surface area contributed by atoms with Crippen LogP contribution in [0.5, 0.6) is 11.6 Å². The summed E-state index contributed by atoms with van der Waals surface area (Å²) in [6.07, 6.45) is 0.867. The molecule has 2 aliphatic heterocycles. The van der Waals surface area contributed by atoms with Gasteiger partial charge in [-0.05, 0) is 36.2 Å². The Balaban J connectivity index is 1.28. The van der Waals surface area contributed by atoms with Crippen LogP contribution in [0.4, 0.5) is 4.39 Å². The van der Waals surface area contributed by atoms with Crippen LogP contribution in [0, 0.1) is 5.82 Å². The first-order chi connectivity index (χ1) is 14.6. The molecular weight excluding hydrogens is 453 g/mol. The van der Waals surface area contributed by atoms with Gasteiger partial charge in [0, 0.05) is 29.1 Å². The second-order valence-electron chi connectivity index (χ2n) is 7.45. The topological polar surface area (TPSA) is 65.4 Å². The molecule has 2 atom stereocenters. The predicted octanol–water partition coefficient (Wildman–Crippen LogP) is 4.04. The van der Waals surface area contributed by atoms with Gasteiger partial charge in [-0.1, -0.05) is 34.1 Å². The van der Waals surface area contributed by atoms with Gasteiger partial charge in [0.2, 0.25) is 5.88 Å².